The van der Waals surface area contributed by atoms with Crippen molar-refractivity contribution < 1.29 is 9.59 Å². The van der Waals surface area contributed by atoms with Gasteiger partial charge in [-0.25, -0.2) is 0 Å². The first-order chi connectivity index (χ1) is 6.50. The third-order valence-electron chi connectivity index (χ3n) is 1.74. The molecule has 0 fully saturated rings. The molecule has 3 nitrogen and oxygen atoms in total. The van der Waals surface area contributed by atoms with E-state index in [0.717, 1.165) is 10.0 Å². The fourth-order valence-electron chi connectivity index (χ4n) is 0.942. The van der Waals surface area contributed by atoms with Gasteiger partial charge < -0.3 is 5.32 Å². The Labute approximate surface area is 90.6 Å². The number of benzene rings is 1. The first kappa shape index (κ1) is 10.9. The molecule has 0 bridgehead atoms. The van der Waals surface area contributed by atoms with Crippen molar-refractivity contribution in [2.45, 2.75) is 13.8 Å². The van der Waals surface area contributed by atoms with E-state index in [2.05, 4.69) is 21.2 Å². The Morgan fingerprint density at radius 2 is 2.00 bits per heavy atom. The molecule has 74 valence electrons. The summed E-state index contributed by atoms with van der Waals surface area (Å²) in [5, 5.41) is 2.50. The molecule has 0 saturated carbocycles. The highest BCUT2D eigenvalue weighted by Crippen LogP contribution is 2.19. The Balaban J connectivity index is 2.83. The summed E-state index contributed by atoms with van der Waals surface area (Å²) < 4.78 is 0.971. The zero-order valence-electron chi connectivity index (χ0n) is 7.93. The fraction of sp³-hybridized carbons (Fsp3) is 0.200. The minimum Gasteiger partial charge on any atom is -0.319 e. The van der Waals surface area contributed by atoms with Gasteiger partial charge in [0.05, 0.1) is 0 Å². The number of carbonyl (C=O) groups is 2. The molecule has 0 spiro atoms. The van der Waals surface area contributed by atoms with Crippen LogP contribution in [0.15, 0.2) is 22.7 Å². The van der Waals surface area contributed by atoms with E-state index >= 15 is 0 Å². The third kappa shape index (κ3) is 2.67. The summed E-state index contributed by atoms with van der Waals surface area (Å²) >= 11 is 3.34. The summed E-state index contributed by atoms with van der Waals surface area (Å²) in [7, 11) is 0. The van der Waals surface area contributed by atoms with Gasteiger partial charge in [-0.15, -0.1) is 0 Å². The van der Waals surface area contributed by atoms with Crippen LogP contribution in [-0.4, -0.2) is 11.7 Å². The molecule has 1 amide bonds. The van der Waals surface area contributed by atoms with E-state index in [-0.39, 0.29) is 0 Å². The molecule has 1 aromatic carbocycles. The molecule has 0 radical (unpaired) electrons. The number of carbonyl (C=O) groups excluding carboxylic acids is 2. The first-order valence-corrected chi connectivity index (χ1v) is 4.88. The van der Waals surface area contributed by atoms with Crippen molar-refractivity contribution in [2.75, 3.05) is 5.32 Å². The molecule has 1 rings (SSSR count). The normalized spacial score (nSPS) is 9.64. The van der Waals surface area contributed by atoms with Crippen LogP contribution in [-0.2, 0) is 9.59 Å². The second kappa shape index (κ2) is 4.37. The molecule has 1 N–H and O–H groups in total. The summed E-state index contributed by atoms with van der Waals surface area (Å²) in [6.45, 7) is 3.15. The third-order valence-corrected chi connectivity index (χ3v) is 2.63. The Hall–Kier alpha value is -1.16. The highest BCUT2D eigenvalue weighted by atomic mass is 79.9. The van der Waals surface area contributed by atoms with Gasteiger partial charge in [-0.3, -0.25) is 9.59 Å². The van der Waals surface area contributed by atoms with Crippen LogP contribution in [0.2, 0.25) is 0 Å². The van der Waals surface area contributed by atoms with E-state index in [4.69, 9.17) is 0 Å². The molecule has 0 aliphatic carbocycles. The van der Waals surface area contributed by atoms with Gasteiger partial charge in [0.2, 0.25) is 5.78 Å². The molecular weight excluding hydrogens is 246 g/mol. The summed E-state index contributed by atoms with van der Waals surface area (Å²) in [6, 6.07) is 5.36. The highest BCUT2D eigenvalue weighted by Gasteiger charge is 2.07. The zero-order chi connectivity index (χ0) is 10.7. The molecule has 4 heteroatoms. The molecule has 14 heavy (non-hydrogen) atoms. The Kier molecular flexibility index (Phi) is 3.41. The lowest BCUT2D eigenvalue weighted by atomic mass is 10.2. The van der Waals surface area contributed by atoms with Crippen LogP contribution in [0.5, 0.6) is 0 Å². The average Bonchev–Trinajstić information content (AvgIpc) is 2.11. The minimum atomic E-state index is -0.591. The van der Waals surface area contributed by atoms with Crippen LogP contribution >= 0.6 is 15.9 Å². The molecule has 0 aliphatic rings. The zero-order valence-corrected chi connectivity index (χ0v) is 9.51. The van der Waals surface area contributed by atoms with Crippen molar-refractivity contribution in [3.05, 3.63) is 28.2 Å². The monoisotopic (exact) mass is 255 g/mol. The Morgan fingerprint density at radius 3 is 2.50 bits per heavy atom. The summed E-state index contributed by atoms with van der Waals surface area (Å²) in [5.74, 6) is -1.09. The van der Waals surface area contributed by atoms with Gasteiger partial charge in [-0.1, -0.05) is 15.9 Å². The van der Waals surface area contributed by atoms with E-state index in [1.165, 1.54) is 6.92 Å². The maximum atomic E-state index is 11.0. The predicted molar refractivity (Wildman–Crippen MR) is 58.2 cm³/mol. The number of amides is 1. The predicted octanol–water partition coefficient (Wildman–Crippen LogP) is 2.29. The van der Waals surface area contributed by atoms with Crippen LogP contribution in [0.25, 0.3) is 0 Å². The van der Waals surface area contributed by atoms with Crippen molar-refractivity contribution >= 4 is 33.3 Å². The van der Waals surface area contributed by atoms with Crippen LogP contribution in [0.3, 0.4) is 0 Å². The number of anilines is 1. The summed E-state index contributed by atoms with van der Waals surface area (Å²) in [6.07, 6.45) is 0. The molecule has 0 atom stereocenters. The van der Waals surface area contributed by atoms with E-state index in [9.17, 15) is 9.59 Å². The second-order valence-corrected chi connectivity index (χ2v) is 3.83. The number of rotatable bonds is 2. The molecule has 0 unspecified atom stereocenters. The van der Waals surface area contributed by atoms with E-state index in [1.807, 2.05) is 13.0 Å². The van der Waals surface area contributed by atoms with Gasteiger partial charge in [0.1, 0.15) is 0 Å². The van der Waals surface area contributed by atoms with Gasteiger partial charge in [0.15, 0.2) is 0 Å². The van der Waals surface area contributed by atoms with Crippen molar-refractivity contribution in [3.63, 3.8) is 0 Å². The number of Topliss-reactive ketones (excluding diaryl/α,β-unsaturated/α-hetero) is 1. The smallest absolute Gasteiger partial charge is 0.291 e. The molecule has 1 aromatic rings. The van der Waals surface area contributed by atoms with Crippen LogP contribution < -0.4 is 5.32 Å². The van der Waals surface area contributed by atoms with Crippen LogP contribution in [0.1, 0.15) is 12.5 Å². The highest BCUT2D eigenvalue weighted by molar-refractivity contribution is 9.10. The number of hydrogen-bond acceptors (Lipinski definition) is 2. The Morgan fingerprint density at radius 1 is 1.36 bits per heavy atom. The average molecular weight is 256 g/mol. The van der Waals surface area contributed by atoms with Crippen molar-refractivity contribution in [1.82, 2.24) is 0 Å². The van der Waals surface area contributed by atoms with Gasteiger partial charge in [-0.05, 0) is 30.7 Å². The topological polar surface area (TPSA) is 46.2 Å². The van der Waals surface area contributed by atoms with Crippen molar-refractivity contribution in [3.8, 4) is 0 Å². The quantitative estimate of drug-likeness (QED) is 0.825. The SMILES string of the molecule is CC(=O)C(=O)Nc1ccc(Br)c(C)c1. The molecule has 0 aliphatic heterocycles. The van der Waals surface area contributed by atoms with Gasteiger partial charge >= 0.3 is 0 Å². The molecule has 0 heterocycles. The number of ketones is 1. The molecule has 0 saturated heterocycles. The van der Waals surface area contributed by atoms with Gasteiger partial charge in [-0.2, -0.15) is 0 Å². The molecule has 0 aromatic heterocycles. The first-order valence-electron chi connectivity index (χ1n) is 4.09. The lowest BCUT2D eigenvalue weighted by Gasteiger charge is -2.04. The summed E-state index contributed by atoms with van der Waals surface area (Å²) in [5.41, 5.74) is 1.64. The van der Waals surface area contributed by atoms with Crippen LogP contribution in [0, 0.1) is 6.92 Å². The van der Waals surface area contributed by atoms with E-state index in [0.29, 0.717) is 5.69 Å². The maximum absolute atomic E-state index is 11.0. The van der Waals surface area contributed by atoms with E-state index in [1.54, 1.807) is 12.1 Å². The number of halogens is 1. The summed E-state index contributed by atoms with van der Waals surface area (Å²) in [4.78, 5) is 21.7. The number of aryl methyl sites for hydroxylation is 1. The second-order valence-electron chi connectivity index (χ2n) is 2.97. The van der Waals surface area contributed by atoms with Crippen molar-refractivity contribution in [2.24, 2.45) is 0 Å². The van der Waals surface area contributed by atoms with E-state index < -0.39 is 11.7 Å². The number of hydrogen-bond donors (Lipinski definition) is 1. The Bertz CT molecular complexity index is 388. The molecular formula is C10H10BrNO2. The van der Waals surface area contributed by atoms with Crippen LogP contribution in [0.4, 0.5) is 5.69 Å². The standard InChI is InChI=1S/C10H10BrNO2/c1-6-5-8(3-4-9(6)11)12-10(14)7(2)13/h3-5H,1-2H3,(H,12,14). The fourth-order valence-corrected chi connectivity index (χ4v) is 1.19. The maximum Gasteiger partial charge on any atom is 0.291 e. The number of nitrogens with one attached hydrogen (secondary N) is 1. The van der Waals surface area contributed by atoms with Crippen molar-refractivity contribution in [1.29, 1.82) is 0 Å². The lowest BCUT2D eigenvalue weighted by molar-refractivity contribution is -0.133. The lowest BCUT2D eigenvalue weighted by Crippen LogP contribution is -2.19. The van der Waals surface area contributed by atoms with Gasteiger partial charge in [0, 0.05) is 17.1 Å². The largest absolute Gasteiger partial charge is 0.319 e. The minimum absolute atomic E-state index is 0.495. The van der Waals surface area contributed by atoms with Gasteiger partial charge in [0.25, 0.3) is 5.91 Å².